The Morgan fingerprint density at radius 2 is 0.966 bits per heavy atom. The SMILES string of the molecule is C[C@@H]1OCC2(CCN(c3ncc(Br)c4ncncc34)CC2)[C@@H]1N.C[C@@H]1OCC2(CCN(c3ncc(Sc4ccnc(N)c4Cl)c4ncncc34)CC2)[C@@H]1N.C[C@@H]1OCC2(CCNCC2)[C@@H]1N.Clc1ncc(Br)c2ncncc12.Nc1nccc([S-])c1Cl.[K+]. The number of rotatable bonds is 4. The molecule has 0 unspecified atom stereocenters. The minimum Gasteiger partial charge on any atom is -0.778 e. The molecule has 14 heterocycles. The van der Waals surface area contributed by atoms with Crippen LogP contribution in [0.4, 0.5) is 23.3 Å². The quantitative estimate of drug-likeness (QED) is 0.0665. The van der Waals surface area contributed by atoms with Crippen molar-refractivity contribution in [3.8, 4) is 0 Å². The summed E-state index contributed by atoms with van der Waals surface area (Å²) in [6.07, 6.45) is 25.3. The molecular formula is C58H69Br2Cl3KN19O3S2. The zero-order valence-corrected chi connectivity index (χ0v) is 59.4. The summed E-state index contributed by atoms with van der Waals surface area (Å²) < 4.78 is 19.0. The summed E-state index contributed by atoms with van der Waals surface area (Å²) in [5.74, 6) is 2.46. The number of anilines is 4. The topological polar surface area (TPSA) is 318 Å². The Kier molecular flexibility index (Phi) is 24.1. The van der Waals surface area contributed by atoms with Gasteiger partial charge in [0.05, 0.1) is 94.7 Å². The number of nitrogens with one attached hydrogen (secondary N) is 1. The normalized spacial score (nSPS) is 23.1. The number of nitrogens with two attached hydrogens (primary N) is 5. The van der Waals surface area contributed by atoms with Crippen LogP contribution >= 0.6 is 78.4 Å². The second-order valence-electron chi connectivity index (χ2n) is 22.7. The van der Waals surface area contributed by atoms with Gasteiger partial charge in [0.25, 0.3) is 0 Å². The van der Waals surface area contributed by atoms with Crippen LogP contribution < -0.4 is 95.2 Å². The Bertz CT molecular complexity index is 3630. The van der Waals surface area contributed by atoms with Crippen molar-refractivity contribution in [3.05, 3.63) is 105 Å². The third-order valence-corrected chi connectivity index (χ3v) is 21.6. The summed E-state index contributed by atoms with van der Waals surface area (Å²) in [5.41, 5.74) is 33.2. The van der Waals surface area contributed by atoms with Gasteiger partial charge in [0.2, 0.25) is 0 Å². The van der Waals surface area contributed by atoms with Crippen LogP contribution in [0.25, 0.3) is 32.7 Å². The van der Waals surface area contributed by atoms with E-state index < -0.39 is 0 Å². The zero-order valence-electron chi connectivity index (χ0n) is 49.2. The predicted octanol–water partition coefficient (Wildman–Crippen LogP) is 6.03. The molecule has 6 aliphatic heterocycles. The fourth-order valence-electron chi connectivity index (χ4n) is 12.1. The number of piperidine rings is 3. The van der Waals surface area contributed by atoms with Gasteiger partial charge in [-0.3, -0.25) is 0 Å². The molecule has 11 N–H and O–H groups in total. The fraction of sp³-hybridized carbons (Fsp3) is 0.466. The van der Waals surface area contributed by atoms with E-state index in [9.17, 15) is 0 Å². The van der Waals surface area contributed by atoms with Crippen molar-refractivity contribution in [1.29, 1.82) is 0 Å². The van der Waals surface area contributed by atoms with Crippen LogP contribution in [0.5, 0.6) is 0 Å². The molecule has 8 aromatic heterocycles. The van der Waals surface area contributed by atoms with Gasteiger partial charge in [-0.15, -0.1) is 0 Å². The van der Waals surface area contributed by atoms with Crippen LogP contribution in [-0.2, 0) is 26.8 Å². The van der Waals surface area contributed by atoms with E-state index in [0.717, 1.165) is 148 Å². The Morgan fingerprint density at radius 1 is 0.545 bits per heavy atom. The minimum absolute atomic E-state index is 0. The molecule has 8 aromatic rings. The Balaban J connectivity index is 0.000000141. The first-order valence-electron chi connectivity index (χ1n) is 28.5. The van der Waals surface area contributed by atoms with Gasteiger partial charge in [-0.2, -0.15) is 4.90 Å². The van der Waals surface area contributed by atoms with E-state index in [1.165, 1.54) is 37.1 Å². The number of aromatic nitrogens is 11. The van der Waals surface area contributed by atoms with Crippen molar-refractivity contribution in [1.82, 2.24) is 60.1 Å². The molecule has 3 spiro atoms. The van der Waals surface area contributed by atoms with E-state index in [0.29, 0.717) is 37.1 Å². The summed E-state index contributed by atoms with van der Waals surface area (Å²) in [6.45, 7) is 14.4. The number of nitrogens with zero attached hydrogens (tertiary/aromatic N) is 13. The van der Waals surface area contributed by atoms with Crippen molar-refractivity contribution in [3.63, 3.8) is 0 Å². The molecule has 0 bridgehead atoms. The Hall–Kier alpha value is -3.27. The molecule has 0 amide bonds. The molecule has 88 heavy (non-hydrogen) atoms. The number of pyridine rings is 5. The summed E-state index contributed by atoms with van der Waals surface area (Å²) in [7, 11) is 0. The van der Waals surface area contributed by atoms with E-state index in [2.05, 4.69) is 118 Å². The van der Waals surface area contributed by atoms with Crippen LogP contribution in [0.2, 0.25) is 15.2 Å². The first-order chi connectivity index (χ1) is 41.8. The van der Waals surface area contributed by atoms with Gasteiger partial charge in [0.15, 0.2) is 0 Å². The molecule has 462 valence electrons. The fourth-order valence-corrected chi connectivity index (χ4v) is 14.6. The number of ether oxygens (including phenoxy) is 3. The van der Waals surface area contributed by atoms with Gasteiger partial charge < -0.3 is 70.6 Å². The molecule has 0 aliphatic carbocycles. The van der Waals surface area contributed by atoms with E-state index in [1.54, 1.807) is 37.3 Å². The van der Waals surface area contributed by atoms with Crippen LogP contribution in [0.15, 0.2) is 104 Å². The van der Waals surface area contributed by atoms with E-state index in [4.69, 9.17) is 95.3 Å². The predicted molar refractivity (Wildman–Crippen MR) is 352 cm³/mol. The standard InChI is InChI=1S/C21H24ClN7OS.C16H20BrN5O.C9H18N2O.C7H3BrClN3.C5H5ClN2S.K/c1-12-18(23)21(10-30-12)3-6-29(7-4-21)20-13-8-25-11-28-17(13)15(9-27-20)31-14-2-5-26-19(24)16(14)22;1-10-14(18)16(8-23-10)2-4-22(5-3-16)15-11-6-19-9-21-13(11)12(17)7-20-15;1-7-8(10)9(6-12-7)2-4-11-5-3-9;8-5-2-11-7(9)4-1-10-3-12-6(4)5;6-4-3(9)1-2-8-5(4)7;/h2,5,8-9,11-12,18H,3-4,6-7,10,23H2,1H3,(H2,24,26);6-7,9-10,14H,2-5,8,18H2,1H3;7-8,11H,2-6,10H2,1H3;1-3H;1-2H,(H3,7,8,9);/q;;;;;+1/p-1/t12-,18+;10-,14+;7-,8+;;;/m000.../s1. The first kappa shape index (κ1) is 69.1. The smallest absolute Gasteiger partial charge is 0.778 e. The Labute approximate surface area is 595 Å². The first-order valence-corrected chi connectivity index (χ1v) is 32.5. The van der Waals surface area contributed by atoms with Crippen molar-refractivity contribution in [2.75, 3.05) is 80.4 Å². The van der Waals surface area contributed by atoms with Crippen molar-refractivity contribution < 1.29 is 65.6 Å². The van der Waals surface area contributed by atoms with Crippen LogP contribution in [0, 0.1) is 16.2 Å². The number of halogens is 5. The minimum atomic E-state index is 0. The van der Waals surface area contributed by atoms with Gasteiger partial charge in [0.1, 0.15) is 47.4 Å². The number of nitrogen functional groups attached to an aromatic ring is 2. The number of hydrogen-bond acceptors (Lipinski definition) is 24. The van der Waals surface area contributed by atoms with Crippen LogP contribution in [0.3, 0.4) is 0 Å². The van der Waals surface area contributed by atoms with E-state index in [1.807, 2.05) is 30.9 Å². The van der Waals surface area contributed by atoms with Gasteiger partial charge in [-0.1, -0.05) is 52.6 Å². The maximum atomic E-state index is 6.47. The molecule has 0 aromatic carbocycles. The molecule has 30 heteroatoms. The molecule has 22 nitrogen and oxygen atoms in total. The average Bonchev–Trinajstić information content (AvgIpc) is 1.82. The molecule has 6 atom stereocenters. The second kappa shape index (κ2) is 30.7. The summed E-state index contributed by atoms with van der Waals surface area (Å²) >= 11 is 30.8. The number of fused-ring (bicyclic) bond motifs is 3. The zero-order chi connectivity index (χ0) is 61.6. The summed E-state index contributed by atoms with van der Waals surface area (Å²) in [5, 5.41) is 7.25. The van der Waals surface area contributed by atoms with Gasteiger partial charge in [-0.05, 0) is 110 Å². The Morgan fingerprint density at radius 3 is 1.43 bits per heavy atom. The summed E-state index contributed by atoms with van der Waals surface area (Å²) in [4.78, 5) is 53.2. The monoisotopic (exact) mass is 1450 g/mol. The number of hydrogen-bond donors (Lipinski definition) is 6. The second-order valence-corrected chi connectivity index (χ2v) is 27.0. The largest absolute Gasteiger partial charge is 1.00 e. The van der Waals surface area contributed by atoms with Crippen molar-refractivity contribution >= 4 is 147 Å². The van der Waals surface area contributed by atoms with Crippen molar-refractivity contribution in [2.24, 2.45) is 33.4 Å². The third-order valence-electron chi connectivity index (χ3n) is 17.7. The molecule has 6 saturated heterocycles. The molecule has 6 fully saturated rings. The molecule has 6 aliphatic rings. The van der Waals surface area contributed by atoms with Crippen molar-refractivity contribution in [2.45, 2.75) is 110 Å². The molecule has 0 radical (unpaired) electrons. The van der Waals surface area contributed by atoms with Gasteiger partial charge in [0, 0.05) is 115 Å². The molecular weight excluding hydrogens is 1380 g/mol. The van der Waals surface area contributed by atoms with Crippen LogP contribution in [-0.4, -0.2) is 150 Å². The van der Waals surface area contributed by atoms with E-state index in [-0.39, 0.29) is 98.7 Å². The maximum absolute atomic E-state index is 6.47. The average molecular weight is 1450 g/mol. The third kappa shape index (κ3) is 15.2. The van der Waals surface area contributed by atoms with Gasteiger partial charge in [-0.25, -0.2) is 54.8 Å². The molecule has 14 rings (SSSR count). The maximum Gasteiger partial charge on any atom is 1.00 e. The molecule has 0 saturated carbocycles. The van der Waals surface area contributed by atoms with Gasteiger partial charge >= 0.3 is 51.4 Å². The summed E-state index contributed by atoms with van der Waals surface area (Å²) in [6, 6.07) is 3.93. The van der Waals surface area contributed by atoms with Crippen LogP contribution in [0.1, 0.15) is 59.3 Å². The van der Waals surface area contributed by atoms with E-state index >= 15 is 0 Å².